The number of quaternary nitrogens is 1. The van der Waals surface area contributed by atoms with Crippen LogP contribution in [0, 0.1) is 0 Å². The molecule has 0 unspecified atom stereocenters. The third kappa shape index (κ3) is 6.94. The number of likely N-dealkylation sites (N-methyl/N-ethyl adjacent to an activating group) is 1. The first-order valence-corrected chi connectivity index (χ1v) is 5.21. The number of hydrogen-bond acceptors (Lipinski definition) is 4. The molecule has 0 aromatic carbocycles. The van der Waals surface area contributed by atoms with Crippen LogP contribution in [-0.4, -0.2) is 59.2 Å². The van der Waals surface area contributed by atoms with Crippen molar-refractivity contribution in [2.75, 3.05) is 33.8 Å². The molecular weight excluding hydrogens is 228 g/mol. The molecule has 7 heteroatoms. The maximum atomic E-state index is 11.5. The Hall–Kier alpha value is -1.11. The van der Waals surface area contributed by atoms with Crippen LogP contribution in [0.2, 0.25) is 0 Å². The van der Waals surface area contributed by atoms with Crippen LogP contribution in [0.25, 0.3) is 0 Å². The van der Waals surface area contributed by atoms with Gasteiger partial charge in [0.1, 0.15) is 13.0 Å². The Labute approximate surface area is 103 Å². The number of ether oxygens (including phenoxy) is 1. The van der Waals surface area contributed by atoms with E-state index in [-0.39, 0.29) is 12.2 Å². The van der Waals surface area contributed by atoms with E-state index in [1.54, 1.807) is 0 Å². The third-order valence-corrected chi connectivity index (χ3v) is 2.77. The number of Topliss-reactive ketones (excluding diaryl/α,β-unsaturated/α-hetero) is 1. The van der Waals surface area contributed by atoms with Gasteiger partial charge in [0, 0.05) is 12.8 Å². The predicted molar refractivity (Wildman–Crippen MR) is 60.6 cm³/mol. The van der Waals surface area contributed by atoms with Gasteiger partial charge in [0.2, 0.25) is 0 Å². The Morgan fingerprint density at radius 2 is 1.82 bits per heavy atom. The van der Waals surface area contributed by atoms with Crippen LogP contribution < -0.4 is 0 Å². The molecule has 1 aliphatic heterocycles. The molecule has 0 aromatic rings. The Morgan fingerprint density at radius 3 is 2.24 bits per heavy atom. The second-order valence-electron chi connectivity index (χ2n) is 4.22. The van der Waals surface area contributed by atoms with E-state index < -0.39 is 5.97 Å². The first-order chi connectivity index (χ1) is 8.56. The zero-order valence-electron chi connectivity index (χ0n) is 11.3. The van der Waals surface area contributed by atoms with Crippen molar-refractivity contribution in [3.05, 3.63) is 0 Å². The molecule has 0 aromatic heterocycles. The van der Waals surface area contributed by atoms with Gasteiger partial charge in [0.25, 0.3) is 1.45 Å². The summed E-state index contributed by atoms with van der Waals surface area (Å²) in [6, 6.07) is 0. The summed E-state index contributed by atoms with van der Waals surface area (Å²) in [6.45, 7) is 2.56. The van der Waals surface area contributed by atoms with Crippen LogP contribution in [0.1, 0.15) is 19.3 Å². The molecule has 0 aliphatic carbocycles. The van der Waals surface area contributed by atoms with Gasteiger partial charge in [-0.1, -0.05) is 0 Å². The van der Waals surface area contributed by atoms with Gasteiger partial charge in [-0.25, -0.2) is 0 Å². The summed E-state index contributed by atoms with van der Waals surface area (Å²) in [5.74, 6) is -0.443. The number of carbonyl (C=O) groups is 2. The van der Waals surface area contributed by atoms with E-state index in [2.05, 4.69) is 21.0 Å². The van der Waals surface area contributed by atoms with E-state index in [0.717, 1.165) is 17.6 Å². The van der Waals surface area contributed by atoms with Gasteiger partial charge >= 0.3 is 18.4 Å². The summed E-state index contributed by atoms with van der Waals surface area (Å²) >= 11 is 0. The molecule has 1 radical (unpaired) electrons. The third-order valence-electron chi connectivity index (χ3n) is 2.77. The van der Waals surface area contributed by atoms with Crippen LogP contribution in [0.3, 0.4) is 0 Å². The van der Waals surface area contributed by atoms with Gasteiger partial charge in [-0.05, 0) is 0 Å². The van der Waals surface area contributed by atoms with Crippen molar-refractivity contribution < 1.29 is 28.2 Å². The average molecular weight is 248 g/mol. The number of rotatable bonds is 4. The molecule has 0 saturated carbocycles. The fourth-order valence-corrected chi connectivity index (χ4v) is 1.97. The fraction of sp³-hybridized carbons (Fsp3) is 0.800. The molecule has 1 heterocycles. The van der Waals surface area contributed by atoms with E-state index in [9.17, 15) is 9.59 Å². The van der Waals surface area contributed by atoms with Crippen LogP contribution >= 0.6 is 0 Å². The van der Waals surface area contributed by atoms with Gasteiger partial charge in [-0.2, -0.15) is 0 Å². The van der Waals surface area contributed by atoms with Crippen molar-refractivity contribution in [1.82, 2.24) is 0 Å². The van der Waals surface area contributed by atoms with Crippen LogP contribution in [-0.2, 0) is 19.0 Å². The Kier molecular flexibility index (Phi) is 8.40. The molecule has 1 saturated heterocycles. The SMILES string of the molecule is COC(=O)CC(=O)C[N+]1(C)CCCC1.[2H]F.[B]=O. The van der Waals surface area contributed by atoms with E-state index >= 15 is 0 Å². The molecule has 0 atom stereocenters. The molecule has 97 valence electrons. The molecule has 1 rings (SSSR count). The molecule has 1 aliphatic rings. The van der Waals surface area contributed by atoms with Crippen molar-refractivity contribution >= 4 is 19.5 Å². The van der Waals surface area contributed by atoms with Crippen molar-refractivity contribution in [3.63, 3.8) is 0 Å². The summed E-state index contributed by atoms with van der Waals surface area (Å²) in [6.07, 6.45) is 2.29. The predicted octanol–water partition coefficient (Wildman–Crippen LogP) is 0.0119. The number of ketones is 1. The minimum atomic E-state index is -0.430. The van der Waals surface area contributed by atoms with Gasteiger partial charge in [-0.15, -0.1) is 0 Å². The van der Waals surface area contributed by atoms with Gasteiger partial charge in [-0.3, -0.25) is 14.3 Å². The molecule has 17 heavy (non-hydrogen) atoms. The number of likely N-dealkylation sites (tertiary alicyclic amines) is 1. The summed E-state index contributed by atoms with van der Waals surface area (Å²) in [4.78, 5) is 22.3. The second kappa shape index (κ2) is 8.98. The molecule has 0 N–H and O–H groups in total. The summed E-state index contributed by atoms with van der Waals surface area (Å²) in [5.41, 5.74) is 0. The molecule has 0 bridgehead atoms. The van der Waals surface area contributed by atoms with Crippen LogP contribution in [0.4, 0.5) is 4.72 Å². The number of carbonyl (C=O) groups excluding carboxylic acids is 2. The van der Waals surface area contributed by atoms with Crippen molar-refractivity contribution in [2.45, 2.75) is 19.3 Å². The van der Waals surface area contributed by atoms with Crippen molar-refractivity contribution in [3.8, 4) is 0 Å². The van der Waals surface area contributed by atoms with E-state index in [0.29, 0.717) is 6.54 Å². The number of halogens is 1. The van der Waals surface area contributed by atoms with Gasteiger partial charge in [0.15, 0.2) is 5.78 Å². The van der Waals surface area contributed by atoms with Gasteiger partial charge < -0.3 is 9.22 Å². The van der Waals surface area contributed by atoms with Crippen molar-refractivity contribution in [2.24, 2.45) is 0 Å². The number of esters is 1. The normalized spacial score (nSPS) is 16.5. The molecule has 0 spiro atoms. The Bertz CT molecular complexity index is 262. The average Bonchev–Trinajstić information content (AvgIpc) is 2.80. The van der Waals surface area contributed by atoms with E-state index in [4.69, 9.17) is 9.42 Å². The zero-order chi connectivity index (χ0) is 14.6. The minimum absolute atomic E-state index is 0.0127. The first-order valence-electron chi connectivity index (χ1n) is 5.59. The zero-order valence-corrected chi connectivity index (χ0v) is 10.3. The Balaban J connectivity index is 0. The molecule has 1 fully saturated rings. The van der Waals surface area contributed by atoms with Gasteiger partial charge in [0.05, 0.1) is 27.2 Å². The standard InChI is InChI=1S/C10H18NO3.BO.FH/c1-11(5-3-4-6-11)8-9(12)7-10(13)14-2;1-2;/h3-8H2,1-2H3;;1H/q+1;;/i/hD. The first kappa shape index (κ1) is 15.9. The monoisotopic (exact) mass is 248 g/mol. The molecule has 5 nitrogen and oxygen atoms in total. The van der Waals surface area contributed by atoms with E-state index in [1.165, 1.54) is 20.0 Å². The number of methoxy groups -OCH3 is 1. The summed E-state index contributed by atoms with van der Waals surface area (Å²) in [5, 5.41) is 0. The van der Waals surface area contributed by atoms with Crippen LogP contribution in [0.15, 0.2) is 0 Å². The summed E-state index contributed by atoms with van der Waals surface area (Å²) in [7, 11) is 6.63. The number of nitrogens with zero attached hydrogens (tertiary/aromatic N) is 1. The van der Waals surface area contributed by atoms with E-state index in [1.807, 2.05) is 0 Å². The summed E-state index contributed by atoms with van der Waals surface area (Å²) < 4.78 is 26.0. The molecular formula is C10H19BFNO4+. The van der Waals surface area contributed by atoms with Crippen molar-refractivity contribution in [1.29, 1.82) is 1.45 Å². The Morgan fingerprint density at radius 1 is 1.35 bits per heavy atom. The topological polar surface area (TPSA) is 60.4 Å². The fourth-order valence-electron chi connectivity index (χ4n) is 1.97. The number of hydrogen-bond donors (Lipinski definition) is 0. The second-order valence-corrected chi connectivity index (χ2v) is 4.22. The maximum absolute atomic E-state index is 11.5. The quantitative estimate of drug-likeness (QED) is 0.304. The molecule has 0 amide bonds. The van der Waals surface area contributed by atoms with Crippen LogP contribution in [0.5, 0.6) is 0 Å².